The first-order chi connectivity index (χ1) is 8.31. The molecule has 0 bridgehead atoms. The van der Waals surface area contributed by atoms with Gasteiger partial charge in [0.05, 0.1) is 10.7 Å². The summed E-state index contributed by atoms with van der Waals surface area (Å²) in [4.78, 5) is 17.2. The van der Waals surface area contributed by atoms with Gasteiger partial charge in [0.15, 0.2) is 0 Å². The van der Waals surface area contributed by atoms with Gasteiger partial charge in [0, 0.05) is 12.8 Å². The van der Waals surface area contributed by atoms with Crippen LogP contribution in [0, 0.1) is 10.1 Å². The first-order valence-electron chi connectivity index (χ1n) is 4.88. The third-order valence-electron chi connectivity index (χ3n) is 1.94. The van der Waals surface area contributed by atoms with Crippen LogP contribution in [0.25, 0.3) is 0 Å². The zero-order chi connectivity index (χ0) is 13.8. The maximum absolute atomic E-state index is 10.9. The van der Waals surface area contributed by atoms with Crippen molar-refractivity contribution in [2.75, 3.05) is 23.9 Å². The minimum Gasteiger partial charge on any atom is -0.364 e. The molecule has 18 heavy (non-hydrogen) atoms. The van der Waals surface area contributed by atoms with Crippen LogP contribution in [0.1, 0.15) is 6.42 Å². The van der Waals surface area contributed by atoms with E-state index in [0.29, 0.717) is 6.42 Å². The second kappa shape index (κ2) is 5.91. The van der Waals surface area contributed by atoms with Gasteiger partial charge in [-0.2, -0.15) is 0 Å². The van der Waals surface area contributed by atoms with E-state index in [1.165, 1.54) is 0 Å². The van der Waals surface area contributed by atoms with E-state index >= 15 is 0 Å². The predicted octanol–water partition coefficient (Wildman–Crippen LogP) is 0.885. The number of sulfone groups is 1. The molecule has 0 fully saturated rings. The molecule has 1 rings (SSSR count). The fraction of sp³-hybridized carbons (Fsp3) is 0.500. The fourth-order valence-corrected chi connectivity index (χ4v) is 2.06. The minimum atomic E-state index is -3.05. The summed E-state index contributed by atoms with van der Waals surface area (Å²) in [5, 5.41) is 13.1. The molecule has 10 heteroatoms. The van der Waals surface area contributed by atoms with Gasteiger partial charge in [-0.05, 0) is 6.42 Å². The molecule has 100 valence electrons. The molecule has 0 unspecified atom stereocenters. The van der Waals surface area contributed by atoms with Gasteiger partial charge in [-0.1, -0.05) is 11.6 Å². The smallest absolute Gasteiger partial charge is 0.348 e. The lowest BCUT2D eigenvalue weighted by molar-refractivity contribution is -0.384. The zero-order valence-electron chi connectivity index (χ0n) is 9.46. The van der Waals surface area contributed by atoms with E-state index in [2.05, 4.69) is 15.3 Å². The maximum atomic E-state index is 10.9. The molecule has 1 N–H and O–H groups in total. The van der Waals surface area contributed by atoms with Crippen molar-refractivity contribution in [3.8, 4) is 0 Å². The molecule has 0 aliphatic heterocycles. The van der Waals surface area contributed by atoms with Crippen LogP contribution in [-0.2, 0) is 9.84 Å². The van der Waals surface area contributed by atoms with Gasteiger partial charge in [-0.25, -0.2) is 18.4 Å². The van der Waals surface area contributed by atoms with Gasteiger partial charge >= 0.3 is 5.69 Å². The number of rotatable bonds is 6. The molecule has 0 saturated carbocycles. The van der Waals surface area contributed by atoms with Crippen LogP contribution in [0.4, 0.5) is 11.5 Å². The maximum Gasteiger partial charge on any atom is 0.348 e. The number of hydrogen-bond acceptors (Lipinski definition) is 7. The average Bonchev–Trinajstić information content (AvgIpc) is 2.22. The van der Waals surface area contributed by atoms with E-state index in [9.17, 15) is 18.5 Å². The van der Waals surface area contributed by atoms with E-state index < -0.39 is 20.4 Å². The number of anilines is 1. The molecule has 1 aromatic rings. The number of halogens is 1. The molecule has 1 heterocycles. The lowest BCUT2D eigenvalue weighted by atomic mass is 10.4. The van der Waals surface area contributed by atoms with Gasteiger partial charge in [0.25, 0.3) is 0 Å². The van der Waals surface area contributed by atoms with Gasteiger partial charge < -0.3 is 5.32 Å². The van der Waals surface area contributed by atoms with Crippen molar-refractivity contribution in [2.24, 2.45) is 0 Å². The number of nitrogens with one attached hydrogen (secondary N) is 1. The Morgan fingerprint density at radius 2 is 2.17 bits per heavy atom. The Hall–Kier alpha value is -1.48. The van der Waals surface area contributed by atoms with Crippen LogP contribution < -0.4 is 5.32 Å². The number of nitro groups is 1. The lowest BCUT2D eigenvalue weighted by Gasteiger charge is -2.05. The highest BCUT2D eigenvalue weighted by atomic mass is 35.5. The molecule has 0 aliphatic carbocycles. The first-order valence-corrected chi connectivity index (χ1v) is 7.31. The van der Waals surface area contributed by atoms with Crippen LogP contribution in [0.3, 0.4) is 0 Å². The molecule has 0 aliphatic rings. The van der Waals surface area contributed by atoms with E-state index in [-0.39, 0.29) is 23.3 Å². The Labute approximate surface area is 108 Å². The fourth-order valence-electron chi connectivity index (χ4n) is 1.19. The van der Waals surface area contributed by atoms with Gasteiger partial charge in [-0.15, -0.1) is 0 Å². The van der Waals surface area contributed by atoms with E-state index in [1.54, 1.807) is 0 Å². The standard InChI is InChI=1S/C8H11ClN4O4S/c1-18(16,17)4-2-3-10-8-6(13(14)15)7(9)11-5-12-8/h5H,2-4H2,1H3,(H,10,11,12). The summed E-state index contributed by atoms with van der Waals surface area (Å²) in [6.45, 7) is 0.237. The van der Waals surface area contributed by atoms with Crippen LogP contribution >= 0.6 is 11.6 Å². The van der Waals surface area contributed by atoms with E-state index in [4.69, 9.17) is 11.6 Å². The molecule has 1 aromatic heterocycles. The zero-order valence-corrected chi connectivity index (χ0v) is 11.0. The second-order valence-corrected chi connectivity index (χ2v) is 6.15. The Bertz CT molecular complexity index is 548. The number of nitrogens with zero attached hydrogens (tertiary/aromatic N) is 3. The van der Waals surface area contributed by atoms with E-state index in [0.717, 1.165) is 12.6 Å². The first kappa shape index (κ1) is 14.6. The molecule has 0 atom stereocenters. The number of hydrogen-bond donors (Lipinski definition) is 1. The van der Waals surface area contributed by atoms with Gasteiger partial charge in [-0.3, -0.25) is 10.1 Å². The van der Waals surface area contributed by atoms with Crippen molar-refractivity contribution in [3.63, 3.8) is 0 Å². The highest BCUT2D eigenvalue weighted by Gasteiger charge is 2.20. The van der Waals surface area contributed by atoms with E-state index in [1.807, 2.05) is 0 Å². The topological polar surface area (TPSA) is 115 Å². The Kier molecular flexibility index (Phi) is 4.79. The van der Waals surface area contributed by atoms with Crippen molar-refractivity contribution in [3.05, 3.63) is 21.6 Å². The molecule has 0 aromatic carbocycles. The summed E-state index contributed by atoms with van der Waals surface area (Å²) in [6.07, 6.45) is 2.53. The summed E-state index contributed by atoms with van der Waals surface area (Å²) < 4.78 is 21.8. The number of aromatic nitrogens is 2. The summed E-state index contributed by atoms with van der Waals surface area (Å²) in [5.41, 5.74) is -0.418. The SMILES string of the molecule is CS(=O)(=O)CCCNc1ncnc(Cl)c1[N+](=O)[O-]. The van der Waals surface area contributed by atoms with Crippen molar-refractivity contribution in [1.29, 1.82) is 0 Å². The van der Waals surface area contributed by atoms with Gasteiger partial charge in [0.2, 0.25) is 11.0 Å². The van der Waals surface area contributed by atoms with Crippen molar-refractivity contribution in [2.45, 2.75) is 6.42 Å². The van der Waals surface area contributed by atoms with Gasteiger partial charge in [0.1, 0.15) is 16.2 Å². The minimum absolute atomic E-state index is 0.00733. The summed E-state index contributed by atoms with van der Waals surface area (Å²) in [5.74, 6) is -0.0272. The van der Waals surface area contributed by atoms with Crippen LogP contribution in [0.5, 0.6) is 0 Å². The largest absolute Gasteiger partial charge is 0.364 e. The molecular formula is C8H11ClN4O4S. The summed E-state index contributed by atoms with van der Waals surface area (Å²) in [7, 11) is -3.05. The second-order valence-electron chi connectivity index (χ2n) is 3.53. The average molecular weight is 295 g/mol. The highest BCUT2D eigenvalue weighted by Crippen LogP contribution is 2.27. The Morgan fingerprint density at radius 3 is 2.72 bits per heavy atom. The normalized spacial score (nSPS) is 11.2. The van der Waals surface area contributed by atoms with Crippen molar-refractivity contribution in [1.82, 2.24) is 9.97 Å². The third kappa shape index (κ3) is 4.41. The predicted molar refractivity (Wildman–Crippen MR) is 66.5 cm³/mol. The molecule has 0 saturated heterocycles. The molecular weight excluding hydrogens is 284 g/mol. The highest BCUT2D eigenvalue weighted by molar-refractivity contribution is 7.90. The third-order valence-corrected chi connectivity index (χ3v) is 3.25. The molecule has 8 nitrogen and oxygen atoms in total. The molecule has 0 radical (unpaired) electrons. The quantitative estimate of drug-likeness (QED) is 0.358. The van der Waals surface area contributed by atoms with Crippen LogP contribution in [0.15, 0.2) is 6.33 Å². The van der Waals surface area contributed by atoms with Crippen LogP contribution in [0.2, 0.25) is 5.15 Å². The molecule has 0 spiro atoms. The summed E-state index contributed by atoms with van der Waals surface area (Å²) in [6, 6.07) is 0. The summed E-state index contributed by atoms with van der Waals surface area (Å²) >= 11 is 5.58. The molecule has 0 amide bonds. The Morgan fingerprint density at radius 1 is 1.50 bits per heavy atom. The van der Waals surface area contributed by atoms with Crippen molar-refractivity contribution < 1.29 is 13.3 Å². The Balaban J connectivity index is 2.68. The lowest BCUT2D eigenvalue weighted by Crippen LogP contribution is -2.11. The monoisotopic (exact) mass is 294 g/mol. The van der Waals surface area contributed by atoms with Crippen molar-refractivity contribution >= 4 is 32.9 Å². The van der Waals surface area contributed by atoms with Crippen LogP contribution in [-0.4, -0.2) is 41.9 Å².